The summed E-state index contributed by atoms with van der Waals surface area (Å²) in [5.74, 6) is -4.79. The van der Waals surface area contributed by atoms with Gasteiger partial charge in [-0.05, 0) is 26.5 Å². The lowest BCUT2D eigenvalue weighted by Crippen LogP contribution is -2.71. The van der Waals surface area contributed by atoms with Crippen molar-refractivity contribution in [1.82, 2.24) is 24.8 Å². The van der Waals surface area contributed by atoms with Gasteiger partial charge in [-0.3, -0.25) is 24.2 Å². The van der Waals surface area contributed by atoms with Crippen molar-refractivity contribution in [1.29, 1.82) is 0 Å². The van der Waals surface area contributed by atoms with Gasteiger partial charge in [-0.1, -0.05) is 5.16 Å². The van der Waals surface area contributed by atoms with Crippen LogP contribution in [0.4, 0.5) is 5.13 Å². The summed E-state index contributed by atoms with van der Waals surface area (Å²) in [7, 11) is 1.61. The highest BCUT2D eigenvalue weighted by Gasteiger charge is 2.54. The number of nitrogen functional groups attached to an aromatic ring is 1. The van der Waals surface area contributed by atoms with Crippen LogP contribution in [0.2, 0.25) is 0 Å². The van der Waals surface area contributed by atoms with E-state index in [0.717, 1.165) is 28.5 Å². The minimum Gasteiger partial charge on any atom is -0.503 e. The van der Waals surface area contributed by atoms with Crippen molar-refractivity contribution in [3.05, 3.63) is 50.5 Å². The van der Waals surface area contributed by atoms with E-state index in [2.05, 4.69) is 15.5 Å². The van der Waals surface area contributed by atoms with Gasteiger partial charge in [-0.25, -0.2) is 14.6 Å². The summed E-state index contributed by atoms with van der Waals surface area (Å²) in [6.07, 6.45) is 0.848. The number of aromatic nitrogens is 2. The van der Waals surface area contributed by atoms with E-state index in [4.69, 9.17) is 10.6 Å². The molecular formula is C24H27N7O10S2. The van der Waals surface area contributed by atoms with Crippen molar-refractivity contribution in [2.24, 2.45) is 5.16 Å². The van der Waals surface area contributed by atoms with E-state index in [0.29, 0.717) is 10.3 Å². The maximum absolute atomic E-state index is 13.2. The Kier molecular flexibility index (Phi) is 8.69. The molecule has 0 aromatic carbocycles. The number of hydrogen-bond donors (Lipinski definition) is 6. The first-order valence-electron chi connectivity index (χ1n) is 12.3. The van der Waals surface area contributed by atoms with Crippen molar-refractivity contribution < 1.29 is 44.5 Å². The number of thiazole rings is 1. The van der Waals surface area contributed by atoms with Crippen LogP contribution in [0, 0.1) is 0 Å². The Balaban J connectivity index is 1.51. The molecular weight excluding hydrogens is 610 g/mol. The standard InChI is InChI=1S/C24H27N7O10S2/c1-24(2,22(38)39)41-28-15(12-9-43-23(25)26-12)18(34)27-16-19(35)31-17(21(36)37)10(8-42-20(16)31)5-29(3)6-11-4-13(32)14(33)7-30(11)40/h4,7,9,16,20,33,40H,5-6,8H2,1-3H3,(H2,25,26)(H,27,34)(H,36,37)(H,38,39)/t16-,20-/m1/s1. The number of carbonyl (C=O) groups is 4. The lowest BCUT2D eigenvalue weighted by Gasteiger charge is -2.49. The minimum absolute atomic E-state index is 0.00709. The Morgan fingerprint density at radius 2 is 1.98 bits per heavy atom. The lowest BCUT2D eigenvalue weighted by atomic mass is 10.0. The average Bonchev–Trinajstić information content (AvgIpc) is 3.35. The van der Waals surface area contributed by atoms with Gasteiger partial charge in [-0.2, -0.15) is 4.73 Å². The van der Waals surface area contributed by atoms with Crippen molar-refractivity contribution in [2.75, 3.05) is 25.1 Å². The number of nitrogens with one attached hydrogen (secondary N) is 1. The van der Waals surface area contributed by atoms with Crippen LogP contribution >= 0.6 is 23.1 Å². The summed E-state index contributed by atoms with van der Waals surface area (Å²) in [5.41, 5.74) is 3.00. The molecule has 2 amide bonds. The van der Waals surface area contributed by atoms with E-state index >= 15 is 0 Å². The molecule has 4 rings (SSSR count). The topological polar surface area (TPSA) is 250 Å². The molecule has 2 atom stereocenters. The number of aromatic hydroxyl groups is 1. The molecule has 1 saturated heterocycles. The molecule has 0 aliphatic carbocycles. The number of nitrogens with two attached hydrogens (primary N) is 1. The zero-order valence-electron chi connectivity index (χ0n) is 22.9. The molecule has 19 heteroatoms. The first kappa shape index (κ1) is 31.3. The fourth-order valence-corrected chi connectivity index (χ4v) is 6.03. The van der Waals surface area contributed by atoms with E-state index < -0.39 is 57.7 Å². The predicted octanol–water partition coefficient (Wildman–Crippen LogP) is -0.716. The number of thioether (sulfide) groups is 1. The normalized spacial score (nSPS) is 18.7. The average molecular weight is 638 g/mol. The molecule has 0 radical (unpaired) electrons. The molecule has 2 aromatic rings. The minimum atomic E-state index is -1.79. The van der Waals surface area contributed by atoms with Gasteiger partial charge in [0.15, 0.2) is 16.6 Å². The quantitative estimate of drug-likeness (QED) is 0.0770. The lowest BCUT2D eigenvalue weighted by molar-refractivity contribution is -0.161. The molecule has 43 heavy (non-hydrogen) atoms. The summed E-state index contributed by atoms with van der Waals surface area (Å²) < 4.78 is 0.586. The third-order valence-electron chi connectivity index (χ3n) is 6.38. The molecule has 1 fully saturated rings. The second-order valence-corrected chi connectivity index (χ2v) is 12.1. The Labute approximate surface area is 250 Å². The second-order valence-electron chi connectivity index (χ2n) is 10.1. The molecule has 0 unspecified atom stereocenters. The summed E-state index contributed by atoms with van der Waals surface area (Å²) in [6.45, 7) is 2.50. The zero-order chi connectivity index (χ0) is 31.8. The maximum Gasteiger partial charge on any atom is 0.352 e. The summed E-state index contributed by atoms with van der Waals surface area (Å²) in [5, 5.41) is 45.7. The molecule has 0 saturated carbocycles. The Hall–Kier alpha value is -4.62. The van der Waals surface area contributed by atoms with Gasteiger partial charge in [0.25, 0.3) is 11.8 Å². The van der Waals surface area contributed by atoms with Crippen LogP contribution in [-0.4, -0.2) is 106 Å². The molecule has 17 nitrogen and oxygen atoms in total. The monoisotopic (exact) mass is 637 g/mol. The number of fused-ring (bicyclic) bond motifs is 1. The van der Waals surface area contributed by atoms with Crippen molar-refractivity contribution in [2.45, 2.75) is 37.4 Å². The van der Waals surface area contributed by atoms with Gasteiger partial charge in [-0.15, -0.1) is 23.1 Å². The SMILES string of the molecule is CN(CC1=C(C(=O)O)N2C(=O)[C@@H](NC(=O)C(=NOC(C)(C)C(=O)O)c3csc(N)n3)[C@H]2SC1)Cc1cc(=O)c(O)cn1O. The number of aliphatic carboxylic acids is 2. The molecule has 7 N–H and O–H groups in total. The molecule has 2 aliphatic rings. The number of pyridine rings is 1. The fourth-order valence-electron chi connectivity index (χ4n) is 4.14. The number of likely N-dealkylation sites (N-methyl/N-ethyl adjacent to an activating group) is 1. The number of carboxylic acid groups (broad SMARTS) is 2. The largest absolute Gasteiger partial charge is 0.503 e. The number of oxime groups is 1. The number of nitrogens with zero attached hydrogens (tertiary/aromatic N) is 5. The van der Waals surface area contributed by atoms with E-state index in [-0.39, 0.29) is 41.1 Å². The van der Waals surface area contributed by atoms with E-state index in [1.807, 2.05) is 0 Å². The third kappa shape index (κ3) is 6.42. The number of hydrogen-bond acceptors (Lipinski definition) is 14. The number of carboxylic acids is 2. The van der Waals surface area contributed by atoms with E-state index in [1.54, 1.807) is 11.9 Å². The van der Waals surface area contributed by atoms with Crippen LogP contribution in [0.1, 0.15) is 25.2 Å². The highest BCUT2D eigenvalue weighted by molar-refractivity contribution is 8.00. The molecule has 0 bridgehead atoms. The second kappa shape index (κ2) is 11.9. The van der Waals surface area contributed by atoms with Gasteiger partial charge in [0.2, 0.25) is 11.0 Å². The zero-order valence-corrected chi connectivity index (χ0v) is 24.5. The molecule has 0 spiro atoms. The number of carbonyl (C=O) groups excluding carboxylic acids is 2. The van der Waals surface area contributed by atoms with Crippen LogP contribution in [0.3, 0.4) is 0 Å². The van der Waals surface area contributed by atoms with Crippen LogP contribution < -0.4 is 16.5 Å². The summed E-state index contributed by atoms with van der Waals surface area (Å²) >= 11 is 2.20. The Morgan fingerprint density at radius 1 is 1.28 bits per heavy atom. The Morgan fingerprint density at radius 3 is 2.58 bits per heavy atom. The summed E-state index contributed by atoms with van der Waals surface area (Å²) in [6, 6.07) is -0.0952. The third-order valence-corrected chi connectivity index (χ3v) is 8.39. The van der Waals surface area contributed by atoms with Crippen LogP contribution in [-0.2, 0) is 30.6 Å². The van der Waals surface area contributed by atoms with E-state index in [1.165, 1.54) is 31.0 Å². The predicted molar refractivity (Wildman–Crippen MR) is 151 cm³/mol. The maximum atomic E-state index is 13.2. The summed E-state index contributed by atoms with van der Waals surface area (Å²) in [4.78, 5) is 73.6. The highest BCUT2D eigenvalue weighted by Crippen LogP contribution is 2.40. The van der Waals surface area contributed by atoms with Crippen molar-refractivity contribution in [3.63, 3.8) is 0 Å². The molecule has 4 heterocycles. The molecule has 2 aliphatic heterocycles. The van der Waals surface area contributed by atoms with Crippen LogP contribution in [0.25, 0.3) is 0 Å². The number of β-lactam (4-membered cyclic amide) rings is 1. The number of rotatable bonds is 11. The van der Waals surface area contributed by atoms with Gasteiger partial charge in [0.05, 0.1) is 11.9 Å². The van der Waals surface area contributed by atoms with Gasteiger partial charge < -0.3 is 36.4 Å². The highest BCUT2D eigenvalue weighted by atomic mass is 32.2. The van der Waals surface area contributed by atoms with Crippen molar-refractivity contribution >= 4 is 57.7 Å². The smallest absolute Gasteiger partial charge is 0.352 e. The fraction of sp³-hybridized carbons (Fsp3) is 0.375. The number of amides is 2. The molecule has 230 valence electrons. The van der Waals surface area contributed by atoms with E-state index in [9.17, 15) is 44.5 Å². The van der Waals surface area contributed by atoms with Crippen LogP contribution in [0.15, 0.2) is 38.9 Å². The van der Waals surface area contributed by atoms with Crippen LogP contribution in [0.5, 0.6) is 5.75 Å². The molecule has 2 aromatic heterocycles. The van der Waals surface area contributed by atoms with Gasteiger partial charge in [0, 0.05) is 30.3 Å². The Bertz CT molecular complexity index is 1620. The van der Waals surface area contributed by atoms with Crippen molar-refractivity contribution in [3.8, 4) is 5.75 Å². The van der Waals surface area contributed by atoms with Gasteiger partial charge >= 0.3 is 11.9 Å². The first-order valence-corrected chi connectivity index (χ1v) is 14.3. The van der Waals surface area contributed by atoms with Gasteiger partial charge in [0.1, 0.15) is 22.8 Å². The number of anilines is 1. The first-order chi connectivity index (χ1) is 20.1.